The van der Waals surface area contributed by atoms with Crippen molar-refractivity contribution in [1.82, 2.24) is 5.32 Å². The Kier molecular flexibility index (Phi) is 4.46. The molecule has 1 N–H and O–H groups in total. The van der Waals surface area contributed by atoms with Gasteiger partial charge in [-0.2, -0.15) is 0 Å². The van der Waals surface area contributed by atoms with Crippen LogP contribution >= 0.6 is 27.5 Å². The van der Waals surface area contributed by atoms with Gasteiger partial charge in [-0.05, 0) is 46.8 Å². The molecule has 1 aromatic rings. The van der Waals surface area contributed by atoms with Crippen LogP contribution in [0, 0.1) is 5.92 Å². The number of amides is 1. The minimum absolute atomic E-state index is 0.0144. The van der Waals surface area contributed by atoms with Crippen molar-refractivity contribution in [2.45, 2.75) is 25.3 Å². The summed E-state index contributed by atoms with van der Waals surface area (Å²) in [5.74, 6) is 1.03. The third-order valence-electron chi connectivity index (χ3n) is 3.29. The van der Waals surface area contributed by atoms with Crippen LogP contribution in [0.5, 0.6) is 0 Å². The number of nitrogens with one attached hydrogen (secondary N) is 1. The van der Waals surface area contributed by atoms with E-state index >= 15 is 0 Å². The molecule has 2 atom stereocenters. The second-order valence-electron chi connectivity index (χ2n) is 4.41. The van der Waals surface area contributed by atoms with Gasteiger partial charge in [-0.15, -0.1) is 11.6 Å². The number of carbonyl (C=O) groups is 1. The first-order valence-electron chi connectivity index (χ1n) is 5.83. The van der Waals surface area contributed by atoms with Gasteiger partial charge in [0.05, 0.1) is 5.56 Å². The summed E-state index contributed by atoms with van der Waals surface area (Å²) < 4.78 is 0.831. The van der Waals surface area contributed by atoms with Gasteiger partial charge in [-0.3, -0.25) is 4.79 Å². The van der Waals surface area contributed by atoms with Crippen molar-refractivity contribution in [3.8, 4) is 0 Å². The summed E-state index contributed by atoms with van der Waals surface area (Å²) in [6.45, 7) is 0. The van der Waals surface area contributed by atoms with Crippen LogP contribution < -0.4 is 5.32 Å². The van der Waals surface area contributed by atoms with E-state index in [0.29, 0.717) is 17.4 Å². The molecule has 1 aromatic carbocycles. The summed E-state index contributed by atoms with van der Waals surface area (Å²) in [4.78, 5) is 12.1. The Bertz CT molecular complexity index is 410. The fraction of sp³-hybridized carbons (Fsp3) is 0.462. The van der Waals surface area contributed by atoms with Crippen molar-refractivity contribution in [3.05, 3.63) is 34.3 Å². The smallest absolute Gasteiger partial charge is 0.252 e. The first kappa shape index (κ1) is 12.9. The minimum Gasteiger partial charge on any atom is -0.349 e. The molecule has 1 amide bonds. The Balaban J connectivity index is 2.04. The molecule has 17 heavy (non-hydrogen) atoms. The van der Waals surface area contributed by atoms with Crippen LogP contribution in [-0.2, 0) is 0 Å². The number of rotatable bonds is 3. The Hall–Kier alpha value is -0.540. The van der Waals surface area contributed by atoms with Gasteiger partial charge in [0.1, 0.15) is 0 Å². The fourth-order valence-electron chi connectivity index (χ4n) is 2.30. The zero-order valence-electron chi connectivity index (χ0n) is 9.46. The van der Waals surface area contributed by atoms with E-state index in [9.17, 15) is 4.79 Å². The summed E-state index contributed by atoms with van der Waals surface area (Å²) in [5, 5.41) is 3.08. The van der Waals surface area contributed by atoms with Crippen molar-refractivity contribution in [2.24, 2.45) is 5.92 Å². The topological polar surface area (TPSA) is 29.1 Å². The molecule has 0 saturated heterocycles. The maximum absolute atomic E-state index is 12.1. The SMILES string of the molecule is O=C(NC1CCCC1CCl)c1ccccc1Br. The molecule has 1 saturated carbocycles. The predicted octanol–water partition coefficient (Wildman–Crippen LogP) is 3.59. The van der Waals surface area contributed by atoms with E-state index < -0.39 is 0 Å². The first-order chi connectivity index (χ1) is 8.22. The highest BCUT2D eigenvalue weighted by molar-refractivity contribution is 9.10. The van der Waals surface area contributed by atoms with Gasteiger partial charge in [0.25, 0.3) is 5.91 Å². The van der Waals surface area contributed by atoms with E-state index in [1.54, 1.807) is 0 Å². The number of hydrogen-bond donors (Lipinski definition) is 1. The van der Waals surface area contributed by atoms with Crippen LogP contribution in [0.1, 0.15) is 29.6 Å². The molecule has 2 nitrogen and oxygen atoms in total. The Labute approximate surface area is 115 Å². The van der Waals surface area contributed by atoms with Crippen molar-refractivity contribution in [3.63, 3.8) is 0 Å². The van der Waals surface area contributed by atoms with Crippen LogP contribution in [-0.4, -0.2) is 17.8 Å². The highest BCUT2D eigenvalue weighted by atomic mass is 79.9. The lowest BCUT2D eigenvalue weighted by molar-refractivity contribution is 0.0929. The van der Waals surface area contributed by atoms with Crippen molar-refractivity contribution >= 4 is 33.4 Å². The Morgan fingerprint density at radius 3 is 2.88 bits per heavy atom. The number of benzene rings is 1. The van der Waals surface area contributed by atoms with E-state index in [1.807, 2.05) is 24.3 Å². The zero-order chi connectivity index (χ0) is 12.3. The summed E-state index contributed by atoms with van der Waals surface area (Å²) in [7, 11) is 0. The molecule has 0 radical (unpaired) electrons. The second-order valence-corrected chi connectivity index (χ2v) is 5.57. The lowest BCUT2D eigenvalue weighted by Crippen LogP contribution is -2.38. The summed E-state index contributed by atoms with van der Waals surface area (Å²) in [6.07, 6.45) is 3.30. The standard InChI is InChI=1S/C13H15BrClNO/c14-11-6-2-1-5-10(11)13(17)16-12-7-3-4-9(12)8-15/h1-2,5-6,9,12H,3-4,7-8H2,(H,16,17). The molecule has 4 heteroatoms. The number of alkyl halides is 1. The minimum atomic E-state index is -0.0144. The first-order valence-corrected chi connectivity index (χ1v) is 7.16. The van der Waals surface area contributed by atoms with Gasteiger partial charge >= 0.3 is 0 Å². The molecule has 0 aliphatic heterocycles. The molecule has 0 bridgehead atoms. The van der Waals surface area contributed by atoms with E-state index in [4.69, 9.17) is 11.6 Å². The molecule has 2 rings (SSSR count). The maximum Gasteiger partial charge on any atom is 0.252 e. The number of hydrogen-bond acceptors (Lipinski definition) is 1. The molecular formula is C13H15BrClNO. The lowest BCUT2D eigenvalue weighted by Gasteiger charge is -2.19. The average Bonchev–Trinajstić information content (AvgIpc) is 2.76. The maximum atomic E-state index is 12.1. The molecule has 1 fully saturated rings. The Morgan fingerprint density at radius 1 is 1.41 bits per heavy atom. The highest BCUT2D eigenvalue weighted by Gasteiger charge is 2.28. The quantitative estimate of drug-likeness (QED) is 0.848. The van der Waals surface area contributed by atoms with Gasteiger partial charge < -0.3 is 5.32 Å². The molecule has 0 heterocycles. The normalized spacial score (nSPS) is 23.6. The van der Waals surface area contributed by atoms with E-state index in [2.05, 4.69) is 21.2 Å². The third-order valence-corrected chi connectivity index (χ3v) is 4.38. The van der Waals surface area contributed by atoms with Crippen molar-refractivity contribution in [1.29, 1.82) is 0 Å². The molecule has 0 aromatic heterocycles. The molecular weight excluding hydrogens is 302 g/mol. The molecule has 92 valence electrons. The second kappa shape index (κ2) is 5.87. The zero-order valence-corrected chi connectivity index (χ0v) is 11.8. The van der Waals surface area contributed by atoms with Crippen LogP contribution in [0.2, 0.25) is 0 Å². The summed E-state index contributed by atoms with van der Waals surface area (Å²) in [6, 6.07) is 7.70. The molecule has 1 aliphatic carbocycles. The molecule has 0 spiro atoms. The lowest BCUT2D eigenvalue weighted by atomic mass is 10.1. The van der Waals surface area contributed by atoms with Crippen LogP contribution in [0.25, 0.3) is 0 Å². The van der Waals surface area contributed by atoms with E-state index in [-0.39, 0.29) is 11.9 Å². The van der Waals surface area contributed by atoms with Crippen LogP contribution in [0.3, 0.4) is 0 Å². The van der Waals surface area contributed by atoms with E-state index in [1.165, 1.54) is 0 Å². The van der Waals surface area contributed by atoms with Crippen molar-refractivity contribution < 1.29 is 4.79 Å². The average molecular weight is 317 g/mol. The predicted molar refractivity (Wildman–Crippen MR) is 73.5 cm³/mol. The third kappa shape index (κ3) is 3.02. The van der Waals surface area contributed by atoms with Gasteiger partial charge in [0, 0.05) is 16.4 Å². The molecule has 2 unspecified atom stereocenters. The van der Waals surface area contributed by atoms with Gasteiger partial charge in [-0.1, -0.05) is 18.6 Å². The molecule has 1 aliphatic rings. The van der Waals surface area contributed by atoms with Crippen LogP contribution in [0.15, 0.2) is 28.7 Å². The van der Waals surface area contributed by atoms with Crippen molar-refractivity contribution in [2.75, 3.05) is 5.88 Å². The highest BCUT2D eigenvalue weighted by Crippen LogP contribution is 2.27. The number of carbonyl (C=O) groups excluding carboxylic acids is 1. The van der Waals surface area contributed by atoms with Crippen LogP contribution in [0.4, 0.5) is 0 Å². The fourth-order valence-corrected chi connectivity index (χ4v) is 3.14. The van der Waals surface area contributed by atoms with Gasteiger partial charge in [-0.25, -0.2) is 0 Å². The summed E-state index contributed by atoms with van der Waals surface area (Å²) >= 11 is 9.29. The van der Waals surface area contributed by atoms with Gasteiger partial charge in [0.15, 0.2) is 0 Å². The Morgan fingerprint density at radius 2 is 2.18 bits per heavy atom. The largest absolute Gasteiger partial charge is 0.349 e. The number of halogens is 2. The summed E-state index contributed by atoms with van der Waals surface area (Å²) in [5.41, 5.74) is 0.688. The van der Waals surface area contributed by atoms with E-state index in [0.717, 1.165) is 23.7 Å². The monoisotopic (exact) mass is 315 g/mol. The van der Waals surface area contributed by atoms with Gasteiger partial charge in [0.2, 0.25) is 0 Å².